The molecule has 0 bridgehead atoms. The van der Waals surface area contributed by atoms with Crippen LogP contribution < -0.4 is 20.1 Å². The first-order valence-corrected chi connectivity index (χ1v) is 9.66. The number of ether oxygens (including phenoxy) is 2. The van der Waals surface area contributed by atoms with E-state index >= 15 is 0 Å². The fourth-order valence-electron chi connectivity index (χ4n) is 3.31. The summed E-state index contributed by atoms with van der Waals surface area (Å²) in [7, 11) is 0. The average molecular weight is 425 g/mol. The second-order valence-electron chi connectivity index (χ2n) is 6.71. The van der Waals surface area contributed by atoms with Crippen LogP contribution in [-0.4, -0.2) is 22.6 Å². The van der Waals surface area contributed by atoms with Crippen LogP contribution in [0.5, 0.6) is 11.5 Å². The molecule has 2 aromatic heterocycles. The van der Waals surface area contributed by atoms with Crippen molar-refractivity contribution in [1.29, 1.82) is 0 Å². The highest BCUT2D eigenvalue weighted by molar-refractivity contribution is 6.31. The Kier molecular flexibility index (Phi) is 4.68. The maximum absolute atomic E-state index is 12.3. The van der Waals surface area contributed by atoms with E-state index in [4.69, 9.17) is 25.5 Å². The summed E-state index contributed by atoms with van der Waals surface area (Å²) in [6, 6.07) is 14.4. The van der Waals surface area contributed by atoms with E-state index in [0.717, 1.165) is 16.5 Å². The topological polar surface area (TPSA) is 90.6 Å². The molecule has 1 aliphatic heterocycles. The van der Waals surface area contributed by atoms with Crippen LogP contribution in [0.3, 0.4) is 0 Å². The van der Waals surface area contributed by atoms with Crippen molar-refractivity contribution >= 4 is 34.4 Å². The number of urea groups is 1. The van der Waals surface area contributed by atoms with Crippen molar-refractivity contribution in [3.05, 3.63) is 71.1 Å². The highest BCUT2D eigenvalue weighted by Crippen LogP contribution is 2.37. The van der Waals surface area contributed by atoms with Crippen molar-refractivity contribution in [2.75, 3.05) is 12.1 Å². The first kappa shape index (κ1) is 18.4. The van der Waals surface area contributed by atoms with Gasteiger partial charge in [0.05, 0.1) is 24.9 Å². The zero-order valence-corrected chi connectivity index (χ0v) is 16.5. The number of furan rings is 1. The number of fused-ring (bicyclic) bond motifs is 2. The number of halogens is 1. The zero-order chi connectivity index (χ0) is 20.5. The number of para-hydroxylation sites is 1. The van der Waals surface area contributed by atoms with E-state index in [2.05, 4.69) is 15.7 Å². The van der Waals surface area contributed by atoms with Crippen molar-refractivity contribution in [2.45, 2.75) is 13.1 Å². The third kappa shape index (κ3) is 3.53. The van der Waals surface area contributed by atoms with Gasteiger partial charge in [-0.2, -0.15) is 5.10 Å². The lowest BCUT2D eigenvalue weighted by molar-refractivity contribution is 0.174. The Hall–Kier alpha value is -3.65. The van der Waals surface area contributed by atoms with Crippen molar-refractivity contribution in [3.8, 4) is 11.5 Å². The molecule has 0 spiro atoms. The van der Waals surface area contributed by atoms with Gasteiger partial charge in [0.1, 0.15) is 5.76 Å². The van der Waals surface area contributed by atoms with Gasteiger partial charge in [-0.05, 0) is 35.9 Å². The Labute approximate surface area is 176 Å². The molecule has 2 aromatic carbocycles. The maximum Gasteiger partial charge on any atom is 0.320 e. The Balaban J connectivity index is 1.39. The number of aromatic nitrogens is 2. The van der Waals surface area contributed by atoms with Gasteiger partial charge in [0, 0.05) is 16.5 Å². The normalized spacial score (nSPS) is 12.3. The van der Waals surface area contributed by atoms with Gasteiger partial charge in [0.2, 0.25) is 6.79 Å². The number of benzene rings is 2. The highest BCUT2D eigenvalue weighted by Gasteiger charge is 2.19. The molecule has 0 aliphatic carbocycles. The van der Waals surface area contributed by atoms with E-state index in [-0.39, 0.29) is 19.4 Å². The predicted molar refractivity (Wildman–Crippen MR) is 111 cm³/mol. The first-order valence-electron chi connectivity index (χ1n) is 9.28. The van der Waals surface area contributed by atoms with Gasteiger partial charge in [-0.3, -0.25) is 10.00 Å². The largest absolute Gasteiger partial charge is 0.467 e. The fourth-order valence-corrected chi connectivity index (χ4v) is 3.53. The summed E-state index contributed by atoms with van der Waals surface area (Å²) in [6.45, 7) is 0.872. The third-order valence-electron chi connectivity index (χ3n) is 4.75. The quantitative estimate of drug-likeness (QED) is 0.496. The summed E-state index contributed by atoms with van der Waals surface area (Å²) in [5, 5.41) is 11.5. The van der Waals surface area contributed by atoms with Crippen molar-refractivity contribution in [1.82, 2.24) is 15.1 Å². The number of hydrogen-bond donors (Lipinski definition) is 2. The highest BCUT2D eigenvalue weighted by atomic mass is 35.5. The Morgan fingerprint density at radius 3 is 2.80 bits per heavy atom. The van der Waals surface area contributed by atoms with E-state index < -0.39 is 0 Å². The van der Waals surface area contributed by atoms with Gasteiger partial charge in [-0.25, -0.2) is 4.79 Å². The van der Waals surface area contributed by atoms with E-state index in [1.165, 1.54) is 0 Å². The molecule has 0 saturated heterocycles. The third-order valence-corrected chi connectivity index (χ3v) is 5.11. The van der Waals surface area contributed by atoms with Crippen LogP contribution >= 0.6 is 11.6 Å². The number of nitrogens with zero attached hydrogens (tertiary/aromatic N) is 2. The number of carbonyl (C=O) groups is 1. The van der Waals surface area contributed by atoms with Crippen LogP contribution in [0.15, 0.2) is 59.2 Å². The number of rotatable bonds is 5. The molecule has 1 aliphatic rings. The molecule has 2 N–H and O–H groups in total. The molecule has 0 fully saturated rings. The van der Waals surface area contributed by atoms with Gasteiger partial charge >= 0.3 is 6.03 Å². The second-order valence-corrected chi connectivity index (χ2v) is 7.11. The van der Waals surface area contributed by atoms with E-state index in [9.17, 15) is 4.79 Å². The first-order chi connectivity index (χ1) is 14.7. The molecule has 4 aromatic rings. The van der Waals surface area contributed by atoms with Crippen molar-refractivity contribution < 1.29 is 18.7 Å². The molecular weight excluding hydrogens is 408 g/mol. The second kappa shape index (κ2) is 7.64. The predicted octanol–water partition coefficient (Wildman–Crippen LogP) is 4.38. The monoisotopic (exact) mass is 424 g/mol. The number of anilines is 1. The van der Waals surface area contributed by atoms with Crippen LogP contribution in [0, 0.1) is 0 Å². The molecule has 5 rings (SSSR count). The van der Waals surface area contributed by atoms with Gasteiger partial charge in [-0.1, -0.05) is 23.7 Å². The number of carbonyl (C=O) groups excluding carboxylic acids is 1. The lowest BCUT2D eigenvalue weighted by Gasteiger charge is -2.08. The number of nitrogens with one attached hydrogen (secondary N) is 2. The molecule has 0 radical (unpaired) electrons. The summed E-state index contributed by atoms with van der Waals surface area (Å²) >= 11 is 6.42. The average Bonchev–Trinajstić information content (AvgIpc) is 3.48. The Morgan fingerprint density at radius 2 is 1.97 bits per heavy atom. The molecule has 0 unspecified atom stereocenters. The minimum atomic E-state index is -0.372. The van der Waals surface area contributed by atoms with Crippen molar-refractivity contribution in [3.63, 3.8) is 0 Å². The van der Waals surface area contributed by atoms with Crippen LogP contribution in [0.4, 0.5) is 10.6 Å². The van der Waals surface area contributed by atoms with Crippen LogP contribution in [0.25, 0.3) is 10.9 Å². The van der Waals surface area contributed by atoms with E-state index in [0.29, 0.717) is 34.6 Å². The summed E-state index contributed by atoms with van der Waals surface area (Å²) in [6.07, 6.45) is 1.56. The molecule has 30 heavy (non-hydrogen) atoms. The van der Waals surface area contributed by atoms with Gasteiger partial charge < -0.3 is 19.2 Å². The van der Waals surface area contributed by atoms with E-state index in [1.54, 1.807) is 29.1 Å². The van der Waals surface area contributed by atoms with Crippen molar-refractivity contribution in [2.24, 2.45) is 0 Å². The molecule has 0 atom stereocenters. The van der Waals surface area contributed by atoms with Gasteiger partial charge in [0.15, 0.2) is 17.3 Å². The molecular formula is C21H17ClN4O4. The number of hydrogen-bond acceptors (Lipinski definition) is 5. The molecule has 2 amide bonds. The molecule has 8 nitrogen and oxygen atoms in total. The SMILES string of the molecule is O=C(NCc1ccco1)Nc1nn(Cc2cc3c(cc2Cl)OCO3)c2ccccc12. The molecule has 152 valence electrons. The Bertz CT molecular complexity index is 1220. The lowest BCUT2D eigenvalue weighted by Crippen LogP contribution is -2.28. The van der Waals surface area contributed by atoms with Crippen LogP contribution in [0.2, 0.25) is 5.02 Å². The maximum atomic E-state index is 12.3. The van der Waals surface area contributed by atoms with Crippen LogP contribution in [-0.2, 0) is 13.1 Å². The lowest BCUT2D eigenvalue weighted by atomic mass is 10.2. The van der Waals surface area contributed by atoms with Gasteiger partial charge in [-0.15, -0.1) is 0 Å². The summed E-state index contributed by atoms with van der Waals surface area (Å²) in [5.41, 5.74) is 1.70. The minimum absolute atomic E-state index is 0.182. The summed E-state index contributed by atoms with van der Waals surface area (Å²) in [5.74, 6) is 2.41. The standard InChI is InChI=1S/C21H17ClN4O4/c22-16-9-19-18(29-12-30-19)8-13(16)11-26-17-6-2-1-5-15(17)20(25-26)24-21(27)23-10-14-4-3-7-28-14/h1-9H,10-12H2,(H2,23,24,25,27). The zero-order valence-electron chi connectivity index (χ0n) is 15.7. The van der Waals surface area contributed by atoms with Crippen LogP contribution in [0.1, 0.15) is 11.3 Å². The molecule has 9 heteroatoms. The fraction of sp³-hybridized carbons (Fsp3) is 0.143. The van der Waals surface area contributed by atoms with E-state index in [1.807, 2.05) is 30.3 Å². The molecule has 0 saturated carbocycles. The molecule has 3 heterocycles. The smallest absolute Gasteiger partial charge is 0.320 e. The number of amides is 2. The summed E-state index contributed by atoms with van der Waals surface area (Å²) in [4.78, 5) is 12.3. The Morgan fingerprint density at radius 1 is 1.13 bits per heavy atom. The summed E-state index contributed by atoms with van der Waals surface area (Å²) < 4.78 is 17.8. The minimum Gasteiger partial charge on any atom is -0.467 e. The van der Waals surface area contributed by atoms with Gasteiger partial charge in [0.25, 0.3) is 0 Å².